The van der Waals surface area contributed by atoms with E-state index in [2.05, 4.69) is 27.1 Å². The first-order valence-electron chi connectivity index (χ1n) is 14.9. The second-order valence-corrected chi connectivity index (χ2v) is 27.8. The van der Waals surface area contributed by atoms with E-state index in [4.69, 9.17) is 0 Å². The predicted octanol–water partition coefficient (Wildman–Crippen LogP) is 6.77. The van der Waals surface area contributed by atoms with Crippen molar-refractivity contribution in [3.8, 4) is 0 Å². The summed E-state index contributed by atoms with van der Waals surface area (Å²) in [7, 11) is -18.2. The topological polar surface area (TPSA) is 83.6 Å². The van der Waals surface area contributed by atoms with E-state index in [0.717, 1.165) is 24.5 Å². The first-order chi connectivity index (χ1) is 22.8. The average molecular weight is 879 g/mol. The van der Waals surface area contributed by atoms with E-state index >= 15 is 0 Å². The van der Waals surface area contributed by atoms with Gasteiger partial charge in [-0.25, -0.2) is 0 Å². The molecule has 4 aromatic carbocycles. The zero-order valence-corrected chi connectivity index (χ0v) is 32.0. The molecule has 0 saturated heterocycles. The number of sulfonamides is 2. The summed E-state index contributed by atoms with van der Waals surface area (Å²) in [5.74, 6) is 0. The third-order valence-electron chi connectivity index (χ3n) is 8.44. The second-order valence-electron chi connectivity index (χ2n) is 11.5. The Morgan fingerprint density at radius 2 is 0.898 bits per heavy atom. The van der Waals surface area contributed by atoms with Crippen molar-refractivity contribution in [3.05, 3.63) is 121 Å². The van der Waals surface area contributed by atoms with Crippen LogP contribution in [0.15, 0.2) is 121 Å². The molecule has 0 aromatic heterocycles. The van der Waals surface area contributed by atoms with Crippen molar-refractivity contribution in [3.63, 3.8) is 0 Å². The maximum atomic E-state index is 14.2. The van der Waals surface area contributed by atoms with Crippen molar-refractivity contribution >= 4 is 75.6 Å². The van der Waals surface area contributed by atoms with Crippen molar-refractivity contribution in [1.29, 1.82) is 0 Å². The molecule has 0 heterocycles. The summed E-state index contributed by atoms with van der Waals surface area (Å²) in [6.45, 7) is 1.90. The molecular weight excluding hydrogens is 843 g/mol. The first kappa shape index (κ1) is 39.7. The van der Waals surface area contributed by atoms with Gasteiger partial charge in [-0.1, -0.05) is 0 Å². The second kappa shape index (κ2) is 14.8. The first-order valence-corrected chi connectivity index (χ1v) is 25.3. The SMILES string of the molecule is CCC(C)(N[PH](CC[PH](I)(c1ccccc1)c1ccccc1)(c1ccccc1)c1ccccc1)N(S(=O)(=O)C(F)(F)F)S(=O)(=O)C(F)(F)F. The summed E-state index contributed by atoms with van der Waals surface area (Å²) >= 11 is 2.43. The summed E-state index contributed by atoms with van der Waals surface area (Å²) in [4.78, 5) is -2.77. The Balaban J connectivity index is 2.05. The Labute approximate surface area is 296 Å². The number of alkyl halides is 6. The Kier molecular flexibility index (Phi) is 12.0. The van der Waals surface area contributed by atoms with Gasteiger partial charge in [-0.15, -0.1) is 0 Å². The summed E-state index contributed by atoms with van der Waals surface area (Å²) < 4.78 is 136. The molecule has 1 unspecified atom stereocenters. The van der Waals surface area contributed by atoms with E-state index in [1.54, 1.807) is 60.7 Å². The minimum absolute atomic E-state index is 0.140. The molecule has 0 radical (unpaired) electrons. The van der Waals surface area contributed by atoms with Crippen LogP contribution in [0.2, 0.25) is 0 Å². The van der Waals surface area contributed by atoms with Gasteiger partial charge in [0.1, 0.15) is 0 Å². The molecule has 1 N–H and O–H groups in total. The van der Waals surface area contributed by atoms with Crippen LogP contribution in [-0.4, -0.2) is 49.5 Å². The van der Waals surface area contributed by atoms with E-state index in [1.165, 1.54) is 0 Å². The number of hydrogen-bond acceptors (Lipinski definition) is 5. The number of halogens is 7. The van der Waals surface area contributed by atoms with Crippen LogP contribution in [0.25, 0.3) is 0 Å². The van der Waals surface area contributed by atoms with Gasteiger partial charge in [-0.3, -0.25) is 0 Å². The third-order valence-corrected chi connectivity index (χ3v) is 26.4. The molecule has 17 heteroatoms. The zero-order valence-electron chi connectivity index (χ0n) is 26.2. The van der Waals surface area contributed by atoms with Crippen LogP contribution >= 0.6 is 34.4 Å². The molecule has 268 valence electrons. The van der Waals surface area contributed by atoms with Gasteiger partial charge in [-0.2, -0.15) is 0 Å². The molecule has 6 nitrogen and oxygen atoms in total. The van der Waals surface area contributed by atoms with Crippen LogP contribution in [0.1, 0.15) is 20.3 Å². The van der Waals surface area contributed by atoms with Crippen molar-refractivity contribution in [2.24, 2.45) is 0 Å². The van der Waals surface area contributed by atoms with Crippen LogP contribution in [0.4, 0.5) is 26.3 Å². The Morgan fingerprint density at radius 1 is 0.592 bits per heavy atom. The molecule has 49 heavy (non-hydrogen) atoms. The van der Waals surface area contributed by atoms with Gasteiger partial charge >= 0.3 is 298 Å². The molecule has 4 aromatic rings. The third kappa shape index (κ3) is 7.88. The van der Waals surface area contributed by atoms with Crippen LogP contribution in [0, 0.1) is 0 Å². The molecule has 4 rings (SSSR count). The van der Waals surface area contributed by atoms with E-state index in [1.807, 2.05) is 60.7 Å². The monoisotopic (exact) mass is 878 g/mol. The summed E-state index contributed by atoms with van der Waals surface area (Å²) in [5.41, 5.74) is -15.7. The van der Waals surface area contributed by atoms with Crippen molar-refractivity contribution in [1.82, 2.24) is 8.80 Å². The standard InChI is InChI=1S/C32H35F6IN2O4P2S2/c1-3-30(2,41(48(42,43)31(33,34)35)49(44,45)32(36,37)38)40-47(28-20-12-6-13-21-28,29-22-14-7-15-23-29)25-24-46(39,26-16-8-4-9-17-26)27-18-10-5-11-19-27/h4-23,40,46-47H,3,24-25H2,1-2H3. The molecule has 0 bridgehead atoms. The molecule has 1 atom stereocenters. The minimum atomic E-state index is -7.12. The molecule has 0 fully saturated rings. The number of rotatable bonds is 13. The van der Waals surface area contributed by atoms with E-state index < -0.39 is 59.2 Å². The van der Waals surface area contributed by atoms with E-state index in [9.17, 15) is 43.2 Å². The Bertz CT molecular complexity index is 1800. The number of nitrogens with zero attached hydrogens (tertiary/aromatic N) is 1. The van der Waals surface area contributed by atoms with Gasteiger partial charge in [0.25, 0.3) is 0 Å². The Morgan fingerprint density at radius 3 is 1.18 bits per heavy atom. The van der Waals surface area contributed by atoms with Crippen molar-refractivity contribution < 1.29 is 43.2 Å². The summed E-state index contributed by atoms with van der Waals surface area (Å²) in [6, 6.07) is 35.8. The number of nitrogens with one attached hydrogen (secondary N) is 1. The van der Waals surface area contributed by atoms with Gasteiger partial charge in [0, 0.05) is 0 Å². The van der Waals surface area contributed by atoms with Crippen molar-refractivity contribution in [2.75, 3.05) is 12.3 Å². The summed E-state index contributed by atoms with van der Waals surface area (Å²) in [5, 5.41) is 6.00. The zero-order chi connectivity index (χ0) is 36.4. The quantitative estimate of drug-likeness (QED) is 0.0695. The molecule has 0 aliphatic carbocycles. The fraction of sp³-hybridized carbons (Fsp3) is 0.250. The van der Waals surface area contributed by atoms with Gasteiger partial charge in [-0.05, 0) is 0 Å². The van der Waals surface area contributed by atoms with Crippen molar-refractivity contribution in [2.45, 2.75) is 36.9 Å². The van der Waals surface area contributed by atoms with Gasteiger partial charge in [0.05, 0.1) is 0 Å². The number of hydrogen-bond donors (Lipinski definition) is 1. The molecule has 0 aliphatic heterocycles. The van der Waals surface area contributed by atoms with Gasteiger partial charge < -0.3 is 0 Å². The van der Waals surface area contributed by atoms with Crippen LogP contribution in [0.3, 0.4) is 0 Å². The molecule has 0 saturated carbocycles. The summed E-state index contributed by atoms with van der Waals surface area (Å²) in [6.07, 6.45) is -0.250. The number of benzene rings is 4. The maximum absolute atomic E-state index is 14.2. The fourth-order valence-corrected chi connectivity index (χ4v) is 23.3. The van der Waals surface area contributed by atoms with Crippen LogP contribution < -0.4 is 26.3 Å². The van der Waals surface area contributed by atoms with Gasteiger partial charge in [0.2, 0.25) is 0 Å². The molecule has 0 aliphatic rings. The molecule has 0 spiro atoms. The fourth-order valence-electron chi connectivity index (χ4n) is 5.90. The van der Waals surface area contributed by atoms with Gasteiger partial charge in [0.15, 0.2) is 0 Å². The predicted molar refractivity (Wildman–Crippen MR) is 198 cm³/mol. The van der Waals surface area contributed by atoms with Crippen LogP contribution in [0.5, 0.6) is 0 Å². The normalized spacial score (nSPS) is 15.5. The van der Waals surface area contributed by atoms with E-state index in [0.29, 0.717) is 16.8 Å². The molecule has 0 amide bonds. The molecular formula is C32H35F6IN2O4P2S2. The van der Waals surface area contributed by atoms with Crippen LogP contribution in [-0.2, 0) is 20.0 Å². The van der Waals surface area contributed by atoms with E-state index in [-0.39, 0.29) is 6.16 Å². The average Bonchev–Trinajstić information content (AvgIpc) is 3.07. The Hall–Kier alpha value is -2.13.